The molecule has 1 saturated heterocycles. The SMILES string of the molecule is Cc1ccc(COc2cc(CNCC3CCNC3)cc(OCC(C)C)c2)c(F)c1. The number of halogens is 1. The monoisotopic (exact) mass is 400 g/mol. The Morgan fingerprint density at radius 2 is 1.93 bits per heavy atom. The molecule has 4 nitrogen and oxygen atoms in total. The molecule has 0 aliphatic carbocycles. The van der Waals surface area contributed by atoms with Crippen molar-refractivity contribution in [2.24, 2.45) is 11.8 Å². The molecule has 29 heavy (non-hydrogen) atoms. The minimum Gasteiger partial charge on any atom is -0.493 e. The Hall–Kier alpha value is -2.11. The zero-order valence-electron chi connectivity index (χ0n) is 17.8. The van der Waals surface area contributed by atoms with Crippen LogP contribution >= 0.6 is 0 Å². The Balaban J connectivity index is 1.65. The molecule has 1 aliphatic heterocycles. The first-order valence-corrected chi connectivity index (χ1v) is 10.6. The van der Waals surface area contributed by atoms with Crippen LogP contribution in [0, 0.1) is 24.6 Å². The highest BCUT2D eigenvalue weighted by Gasteiger charge is 2.14. The zero-order chi connectivity index (χ0) is 20.6. The van der Waals surface area contributed by atoms with E-state index in [-0.39, 0.29) is 12.4 Å². The predicted molar refractivity (Wildman–Crippen MR) is 115 cm³/mol. The maximum absolute atomic E-state index is 14.1. The number of ether oxygens (including phenoxy) is 2. The highest BCUT2D eigenvalue weighted by Crippen LogP contribution is 2.25. The number of hydrogen-bond acceptors (Lipinski definition) is 4. The van der Waals surface area contributed by atoms with Gasteiger partial charge in [0.2, 0.25) is 0 Å². The molecule has 1 heterocycles. The Kier molecular flexibility index (Phi) is 7.90. The molecule has 1 unspecified atom stereocenters. The van der Waals surface area contributed by atoms with Gasteiger partial charge in [0, 0.05) is 18.2 Å². The van der Waals surface area contributed by atoms with Crippen molar-refractivity contribution < 1.29 is 13.9 Å². The van der Waals surface area contributed by atoms with Gasteiger partial charge in [0.05, 0.1) is 6.61 Å². The third kappa shape index (κ3) is 7.02. The predicted octanol–water partition coefficient (Wildman–Crippen LogP) is 4.45. The molecule has 2 N–H and O–H groups in total. The summed E-state index contributed by atoms with van der Waals surface area (Å²) in [5.41, 5.74) is 2.57. The van der Waals surface area contributed by atoms with E-state index >= 15 is 0 Å². The van der Waals surface area contributed by atoms with E-state index in [1.54, 1.807) is 6.07 Å². The van der Waals surface area contributed by atoms with Gasteiger partial charge in [-0.2, -0.15) is 0 Å². The molecule has 5 heteroatoms. The minimum atomic E-state index is -0.232. The zero-order valence-corrected chi connectivity index (χ0v) is 17.8. The molecule has 2 aromatic rings. The van der Waals surface area contributed by atoms with E-state index < -0.39 is 0 Å². The number of benzene rings is 2. The summed E-state index contributed by atoms with van der Waals surface area (Å²) in [6, 6.07) is 11.2. The van der Waals surface area contributed by atoms with Gasteiger partial charge in [-0.3, -0.25) is 0 Å². The van der Waals surface area contributed by atoms with Gasteiger partial charge in [-0.25, -0.2) is 4.39 Å². The largest absolute Gasteiger partial charge is 0.493 e. The Morgan fingerprint density at radius 3 is 2.62 bits per heavy atom. The van der Waals surface area contributed by atoms with Crippen molar-refractivity contribution in [3.8, 4) is 11.5 Å². The van der Waals surface area contributed by atoms with E-state index in [9.17, 15) is 4.39 Å². The minimum absolute atomic E-state index is 0.195. The van der Waals surface area contributed by atoms with Gasteiger partial charge >= 0.3 is 0 Å². The van der Waals surface area contributed by atoms with Crippen LogP contribution in [0.25, 0.3) is 0 Å². The smallest absolute Gasteiger partial charge is 0.130 e. The third-order valence-corrected chi connectivity index (χ3v) is 5.05. The number of aryl methyl sites for hydroxylation is 1. The maximum Gasteiger partial charge on any atom is 0.130 e. The summed E-state index contributed by atoms with van der Waals surface area (Å²) in [6.07, 6.45) is 1.22. The van der Waals surface area contributed by atoms with Crippen LogP contribution in [0.5, 0.6) is 11.5 Å². The van der Waals surface area contributed by atoms with Gasteiger partial charge < -0.3 is 20.1 Å². The average Bonchev–Trinajstić information content (AvgIpc) is 3.19. The van der Waals surface area contributed by atoms with Crippen LogP contribution < -0.4 is 20.1 Å². The second kappa shape index (κ2) is 10.6. The number of hydrogen-bond donors (Lipinski definition) is 2. The van der Waals surface area contributed by atoms with Gasteiger partial charge in [-0.1, -0.05) is 26.0 Å². The van der Waals surface area contributed by atoms with Gasteiger partial charge in [-0.15, -0.1) is 0 Å². The molecule has 0 saturated carbocycles. The van der Waals surface area contributed by atoms with Crippen LogP contribution in [0.15, 0.2) is 36.4 Å². The Morgan fingerprint density at radius 1 is 1.14 bits per heavy atom. The van der Waals surface area contributed by atoms with Crippen molar-refractivity contribution in [1.29, 1.82) is 0 Å². The van der Waals surface area contributed by atoms with Gasteiger partial charge in [0.15, 0.2) is 0 Å². The first-order valence-electron chi connectivity index (χ1n) is 10.6. The number of nitrogens with one attached hydrogen (secondary N) is 2. The van der Waals surface area contributed by atoms with Crippen LogP contribution in [0.3, 0.4) is 0 Å². The molecule has 0 aromatic heterocycles. The molecule has 3 rings (SSSR count). The first kappa shape index (κ1) is 21.6. The fraction of sp³-hybridized carbons (Fsp3) is 0.500. The Bertz CT molecular complexity index is 788. The van der Waals surface area contributed by atoms with Gasteiger partial charge in [0.1, 0.15) is 23.9 Å². The topological polar surface area (TPSA) is 42.5 Å². The fourth-order valence-electron chi connectivity index (χ4n) is 3.40. The summed E-state index contributed by atoms with van der Waals surface area (Å²) in [7, 11) is 0. The second-order valence-corrected chi connectivity index (χ2v) is 8.39. The van der Waals surface area contributed by atoms with Crippen LogP contribution in [0.1, 0.15) is 37.0 Å². The summed E-state index contributed by atoms with van der Waals surface area (Å²) >= 11 is 0. The third-order valence-electron chi connectivity index (χ3n) is 5.05. The molecule has 1 fully saturated rings. The summed E-state index contributed by atoms with van der Waals surface area (Å²) in [4.78, 5) is 0. The van der Waals surface area contributed by atoms with E-state index in [2.05, 4.69) is 30.5 Å². The van der Waals surface area contributed by atoms with Crippen LogP contribution in [-0.2, 0) is 13.2 Å². The second-order valence-electron chi connectivity index (χ2n) is 8.39. The molecule has 1 aliphatic rings. The van der Waals surface area contributed by atoms with Crippen LogP contribution in [-0.4, -0.2) is 26.2 Å². The highest BCUT2D eigenvalue weighted by atomic mass is 19.1. The molecule has 1 atom stereocenters. The summed E-state index contributed by atoms with van der Waals surface area (Å²) in [6.45, 7) is 10.9. The quantitative estimate of drug-likeness (QED) is 0.618. The van der Waals surface area contributed by atoms with Crippen molar-refractivity contribution in [1.82, 2.24) is 10.6 Å². The van der Waals surface area contributed by atoms with E-state index in [0.29, 0.717) is 29.8 Å². The molecular weight excluding hydrogens is 367 g/mol. The summed E-state index contributed by atoms with van der Waals surface area (Å²) < 4.78 is 26.0. The first-order chi connectivity index (χ1) is 14.0. The summed E-state index contributed by atoms with van der Waals surface area (Å²) in [5, 5.41) is 6.94. The van der Waals surface area contributed by atoms with Crippen molar-refractivity contribution >= 4 is 0 Å². The van der Waals surface area contributed by atoms with E-state index in [1.165, 1.54) is 12.5 Å². The van der Waals surface area contributed by atoms with Gasteiger partial charge in [-0.05, 0) is 74.1 Å². The van der Waals surface area contributed by atoms with E-state index in [4.69, 9.17) is 9.47 Å². The molecule has 0 spiro atoms. The lowest BCUT2D eigenvalue weighted by Crippen LogP contribution is -2.24. The molecule has 0 amide bonds. The molecule has 0 radical (unpaired) electrons. The van der Waals surface area contributed by atoms with Crippen molar-refractivity contribution in [2.75, 3.05) is 26.2 Å². The molecule has 2 aromatic carbocycles. The van der Waals surface area contributed by atoms with E-state index in [1.807, 2.05) is 25.1 Å². The average molecular weight is 401 g/mol. The lowest BCUT2D eigenvalue weighted by atomic mass is 10.1. The number of rotatable bonds is 10. The molecule has 158 valence electrons. The van der Waals surface area contributed by atoms with Crippen molar-refractivity contribution in [2.45, 2.75) is 40.3 Å². The fourth-order valence-corrected chi connectivity index (χ4v) is 3.40. The normalized spacial score (nSPS) is 16.4. The van der Waals surface area contributed by atoms with Crippen molar-refractivity contribution in [3.05, 3.63) is 58.9 Å². The standard InChI is InChI=1S/C24H33FN2O2/c1-17(2)15-28-22-9-20(14-27-13-19-6-7-26-12-19)10-23(11-22)29-16-21-5-4-18(3)8-24(21)25/h4-5,8-11,17,19,26-27H,6-7,12-16H2,1-3H3. The maximum atomic E-state index is 14.1. The van der Waals surface area contributed by atoms with Crippen LogP contribution in [0.2, 0.25) is 0 Å². The summed E-state index contributed by atoms with van der Waals surface area (Å²) in [5.74, 6) is 2.39. The highest BCUT2D eigenvalue weighted by molar-refractivity contribution is 5.39. The van der Waals surface area contributed by atoms with Gasteiger partial charge in [0.25, 0.3) is 0 Å². The van der Waals surface area contributed by atoms with Crippen molar-refractivity contribution in [3.63, 3.8) is 0 Å². The molecule has 0 bridgehead atoms. The van der Waals surface area contributed by atoms with Crippen LogP contribution in [0.4, 0.5) is 4.39 Å². The lowest BCUT2D eigenvalue weighted by Gasteiger charge is -2.15. The lowest BCUT2D eigenvalue weighted by molar-refractivity contribution is 0.265. The van der Waals surface area contributed by atoms with E-state index in [0.717, 1.165) is 43.1 Å². The molecular formula is C24H33FN2O2. The Labute approximate surface area is 173 Å².